The molecule has 2 heterocycles. The van der Waals surface area contributed by atoms with Crippen LogP contribution in [-0.2, 0) is 11.3 Å². The third-order valence-corrected chi connectivity index (χ3v) is 4.55. The minimum absolute atomic E-state index is 0.0620. The van der Waals surface area contributed by atoms with Gasteiger partial charge in [0.2, 0.25) is 5.91 Å². The molecule has 1 aromatic heterocycles. The van der Waals surface area contributed by atoms with Crippen LogP contribution < -0.4 is 10.6 Å². The molecule has 2 aliphatic rings. The Kier molecular flexibility index (Phi) is 2.83. The summed E-state index contributed by atoms with van der Waals surface area (Å²) in [7, 11) is 0. The van der Waals surface area contributed by atoms with Gasteiger partial charge in [0.15, 0.2) is 5.82 Å². The van der Waals surface area contributed by atoms with E-state index in [1.807, 2.05) is 6.92 Å². The second kappa shape index (κ2) is 4.24. The van der Waals surface area contributed by atoms with Crippen molar-refractivity contribution in [2.75, 3.05) is 18.4 Å². The Morgan fingerprint density at radius 3 is 3.17 bits per heavy atom. The predicted molar refractivity (Wildman–Crippen MR) is 69.6 cm³/mol. The quantitative estimate of drug-likeness (QED) is 0.873. The van der Waals surface area contributed by atoms with Crippen molar-refractivity contribution in [3.8, 4) is 0 Å². The lowest BCUT2D eigenvalue weighted by atomic mass is 9.61. The van der Waals surface area contributed by atoms with Crippen LogP contribution in [0.4, 0.5) is 5.82 Å². The first-order chi connectivity index (χ1) is 8.65. The summed E-state index contributed by atoms with van der Waals surface area (Å²) in [4.78, 5) is 12.4. The number of carbonyl (C=O) groups is 1. The lowest BCUT2D eigenvalue weighted by Gasteiger charge is -2.42. The van der Waals surface area contributed by atoms with Crippen molar-refractivity contribution in [3.63, 3.8) is 0 Å². The summed E-state index contributed by atoms with van der Waals surface area (Å²) >= 11 is 6.06. The Balaban J connectivity index is 1.76. The summed E-state index contributed by atoms with van der Waals surface area (Å²) in [6.07, 6.45) is 3.83. The number of fused-ring (bicyclic) bond motifs is 1. The molecule has 6 heteroatoms. The van der Waals surface area contributed by atoms with Gasteiger partial charge in [0, 0.05) is 19.3 Å². The zero-order chi connectivity index (χ0) is 12.8. The van der Waals surface area contributed by atoms with Crippen LogP contribution in [0.3, 0.4) is 0 Å². The van der Waals surface area contributed by atoms with Gasteiger partial charge in [-0.05, 0) is 32.2 Å². The summed E-state index contributed by atoms with van der Waals surface area (Å²) < 4.78 is 1.72. The topological polar surface area (TPSA) is 59.0 Å². The molecule has 2 fully saturated rings. The van der Waals surface area contributed by atoms with Crippen LogP contribution in [-0.4, -0.2) is 28.8 Å². The van der Waals surface area contributed by atoms with Gasteiger partial charge in [0.05, 0.1) is 5.41 Å². The van der Waals surface area contributed by atoms with Crippen molar-refractivity contribution in [1.82, 2.24) is 15.1 Å². The summed E-state index contributed by atoms with van der Waals surface area (Å²) in [5.74, 6) is 1.02. The fourth-order valence-corrected chi connectivity index (χ4v) is 3.15. The van der Waals surface area contributed by atoms with Crippen molar-refractivity contribution in [3.05, 3.63) is 11.2 Å². The first-order valence-electron chi connectivity index (χ1n) is 6.41. The normalized spacial score (nSPS) is 29.8. The molecule has 98 valence electrons. The van der Waals surface area contributed by atoms with Gasteiger partial charge in [-0.3, -0.25) is 9.48 Å². The van der Waals surface area contributed by atoms with E-state index in [9.17, 15) is 4.79 Å². The maximum absolute atomic E-state index is 12.4. The second-order valence-corrected chi connectivity index (χ2v) is 5.57. The number of nitrogens with zero attached hydrogens (tertiary/aromatic N) is 2. The largest absolute Gasteiger partial charge is 0.315 e. The van der Waals surface area contributed by atoms with Crippen LogP contribution >= 0.6 is 11.6 Å². The number of nitrogens with one attached hydrogen (secondary N) is 2. The molecule has 3 rings (SSSR count). The number of anilines is 1. The first kappa shape index (κ1) is 12.0. The molecule has 1 amide bonds. The molecular formula is C12H17ClN4O. The third-order valence-electron chi connectivity index (χ3n) is 4.28. The number of halogens is 1. The monoisotopic (exact) mass is 268 g/mol. The van der Waals surface area contributed by atoms with Crippen molar-refractivity contribution >= 4 is 23.3 Å². The molecule has 0 unspecified atom stereocenters. The molecule has 0 radical (unpaired) electrons. The van der Waals surface area contributed by atoms with Crippen LogP contribution in [0.1, 0.15) is 19.8 Å². The van der Waals surface area contributed by atoms with Crippen LogP contribution in [0, 0.1) is 11.3 Å². The SMILES string of the molecule is CCn1cc(Cl)c(NC(=O)[C@]23CC[C@H]2CNC3)n1. The van der Waals surface area contributed by atoms with E-state index in [0.29, 0.717) is 16.8 Å². The van der Waals surface area contributed by atoms with Crippen molar-refractivity contribution < 1.29 is 4.79 Å². The lowest BCUT2D eigenvalue weighted by Crippen LogP contribution is -2.49. The molecule has 2 N–H and O–H groups in total. The van der Waals surface area contributed by atoms with Gasteiger partial charge in [0.25, 0.3) is 0 Å². The van der Waals surface area contributed by atoms with Gasteiger partial charge in [-0.1, -0.05) is 11.6 Å². The van der Waals surface area contributed by atoms with E-state index in [0.717, 1.165) is 32.5 Å². The number of rotatable bonds is 3. The summed E-state index contributed by atoms with van der Waals surface area (Å²) in [6, 6.07) is 0. The average Bonchev–Trinajstić information content (AvgIpc) is 2.82. The number of hydrogen-bond donors (Lipinski definition) is 2. The molecule has 0 bridgehead atoms. The fraction of sp³-hybridized carbons (Fsp3) is 0.667. The van der Waals surface area contributed by atoms with Crippen molar-refractivity contribution in [1.29, 1.82) is 0 Å². The Morgan fingerprint density at radius 1 is 1.78 bits per heavy atom. The van der Waals surface area contributed by atoms with Gasteiger partial charge < -0.3 is 10.6 Å². The summed E-state index contributed by atoms with van der Waals surface area (Å²) in [5.41, 5.74) is -0.223. The zero-order valence-corrected chi connectivity index (χ0v) is 11.1. The van der Waals surface area contributed by atoms with E-state index in [1.165, 1.54) is 0 Å². The summed E-state index contributed by atoms with van der Waals surface area (Å²) in [6.45, 7) is 4.45. The number of amides is 1. The fourth-order valence-electron chi connectivity index (χ4n) is 2.95. The molecule has 1 saturated carbocycles. The smallest absolute Gasteiger partial charge is 0.233 e. The van der Waals surface area contributed by atoms with Crippen molar-refractivity contribution in [2.24, 2.45) is 11.3 Å². The molecule has 5 nitrogen and oxygen atoms in total. The van der Waals surface area contributed by atoms with E-state index in [4.69, 9.17) is 11.6 Å². The Bertz CT molecular complexity index is 486. The standard InChI is InChI=1S/C12H17ClN4O/c1-2-17-6-9(13)10(16-17)15-11(18)12-4-3-8(12)5-14-7-12/h6,8,14H,2-5,7H2,1H3,(H,15,16,18)/t8-,12-/m0/s1. The molecular weight excluding hydrogens is 252 g/mol. The van der Waals surface area contributed by atoms with E-state index in [-0.39, 0.29) is 11.3 Å². The van der Waals surface area contributed by atoms with Gasteiger partial charge in [0.1, 0.15) is 5.02 Å². The lowest BCUT2D eigenvalue weighted by molar-refractivity contribution is -0.132. The van der Waals surface area contributed by atoms with Crippen LogP contribution in [0.5, 0.6) is 0 Å². The molecule has 18 heavy (non-hydrogen) atoms. The highest BCUT2D eigenvalue weighted by Gasteiger charge is 2.55. The Morgan fingerprint density at radius 2 is 2.61 bits per heavy atom. The minimum Gasteiger partial charge on any atom is -0.315 e. The van der Waals surface area contributed by atoms with Gasteiger partial charge in [-0.15, -0.1) is 0 Å². The second-order valence-electron chi connectivity index (χ2n) is 5.16. The van der Waals surface area contributed by atoms with Gasteiger partial charge >= 0.3 is 0 Å². The van der Waals surface area contributed by atoms with Crippen LogP contribution in [0.15, 0.2) is 6.20 Å². The summed E-state index contributed by atoms with van der Waals surface area (Å²) in [5, 5.41) is 10.9. The van der Waals surface area contributed by atoms with E-state index < -0.39 is 0 Å². The van der Waals surface area contributed by atoms with Crippen LogP contribution in [0.25, 0.3) is 0 Å². The molecule has 0 aromatic carbocycles. The number of aryl methyl sites for hydroxylation is 1. The highest BCUT2D eigenvalue weighted by atomic mass is 35.5. The molecule has 1 aliphatic carbocycles. The molecule has 2 atom stereocenters. The Labute approximate surface area is 111 Å². The highest BCUT2D eigenvalue weighted by molar-refractivity contribution is 6.33. The highest BCUT2D eigenvalue weighted by Crippen LogP contribution is 2.49. The molecule has 0 spiro atoms. The number of hydrogen-bond acceptors (Lipinski definition) is 3. The van der Waals surface area contributed by atoms with E-state index in [2.05, 4.69) is 15.7 Å². The predicted octanol–water partition coefficient (Wildman–Crippen LogP) is 1.49. The van der Waals surface area contributed by atoms with Gasteiger partial charge in [-0.2, -0.15) is 5.10 Å². The molecule has 1 saturated heterocycles. The molecule has 1 aromatic rings. The Hall–Kier alpha value is -1.07. The average molecular weight is 269 g/mol. The minimum atomic E-state index is -0.223. The number of carbonyl (C=O) groups excluding carboxylic acids is 1. The van der Waals surface area contributed by atoms with E-state index in [1.54, 1.807) is 10.9 Å². The van der Waals surface area contributed by atoms with Crippen LogP contribution in [0.2, 0.25) is 5.02 Å². The zero-order valence-electron chi connectivity index (χ0n) is 10.4. The van der Waals surface area contributed by atoms with Crippen molar-refractivity contribution in [2.45, 2.75) is 26.3 Å². The van der Waals surface area contributed by atoms with E-state index >= 15 is 0 Å². The first-order valence-corrected chi connectivity index (χ1v) is 6.78. The maximum Gasteiger partial charge on any atom is 0.233 e. The maximum atomic E-state index is 12.4. The van der Waals surface area contributed by atoms with Gasteiger partial charge in [-0.25, -0.2) is 0 Å². The third kappa shape index (κ3) is 1.65. The molecule has 1 aliphatic heterocycles. The number of aromatic nitrogens is 2.